The number of amides is 2. The Morgan fingerprint density at radius 1 is 1.25 bits per heavy atom. The molecule has 0 spiro atoms. The lowest BCUT2D eigenvalue weighted by atomic mass is 10.1. The Labute approximate surface area is 160 Å². The van der Waals surface area contributed by atoms with Crippen molar-refractivity contribution in [2.75, 3.05) is 18.7 Å². The topological polar surface area (TPSA) is 121 Å². The van der Waals surface area contributed by atoms with E-state index in [1.807, 2.05) is 0 Å². The summed E-state index contributed by atoms with van der Waals surface area (Å²) in [5.74, 6) is -1.14. The first-order valence-electron chi connectivity index (χ1n) is 8.61. The Balaban J connectivity index is 1.66. The second-order valence-corrected chi connectivity index (χ2v) is 6.01. The molecule has 0 bridgehead atoms. The van der Waals surface area contributed by atoms with Crippen LogP contribution < -0.4 is 20.1 Å². The molecule has 0 fully saturated rings. The van der Waals surface area contributed by atoms with Gasteiger partial charge in [0.1, 0.15) is 11.4 Å². The van der Waals surface area contributed by atoms with Gasteiger partial charge in [-0.25, -0.2) is 4.79 Å². The normalized spacial score (nSPS) is 13.0. The number of hydrogen-bond donors (Lipinski definition) is 2. The zero-order valence-electron chi connectivity index (χ0n) is 15.6. The van der Waals surface area contributed by atoms with Crippen LogP contribution in [0.25, 0.3) is 0 Å². The minimum atomic E-state index is -0.929. The lowest BCUT2D eigenvalue weighted by Gasteiger charge is -2.15. The standard InChI is InChI=1S/C18H20N4O6/c1-4-26-18(25)12-8-19-22(3)15(12)21-17(24)16(23)20-10(2)11-5-6-13-14(7-11)28-9-27-13/h5-8,10H,4,9H2,1-3H3,(H,20,23)(H,21,24). The molecule has 0 saturated carbocycles. The number of anilines is 1. The summed E-state index contributed by atoms with van der Waals surface area (Å²) in [6, 6.07) is 4.80. The minimum Gasteiger partial charge on any atom is -0.462 e. The Hall–Kier alpha value is -3.56. The quantitative estimate of drug-likeness (QED) is 0.582. The smallest absolute Gasteiger partial charge is 0.343 e. The maximum atomic E-state index is 12.3. The van der Waals surface area contributed by atoms with E-state index in [0.29, 0.717) is 11.5 Å². The monoisotopic (exact) mass is 388 g/mol. The van der Waals surface area contributed by atoms with Crippen molar-refractivity contribution in [1.82, 2.24) is 15.1 Å². The number of carbonyl (C=O) groups excluding carboxylic acids is 3. The fourth-order valence-corrected chi connectivity index (χ4v) is 2.64. The van der Waals surface area contributed by atoms with Gasteiger partial charge in [-0.15, -0.1) is 0 Å². The van der Waals surface area contributed by atoms with Crippen molar-refractivity contribution in [2.24, 2.45) is 7.05 Å². The number of nitrogens with one attached hydrogen (secondary N) is 2. The van der Waals surface area contributed by atoms with E-state index < -0.39 is 23.8 Å². The first-order valence-corrected chi connectivity index (χ1v) is 8.61. The fourth-order valence-electron chi connectivity index (χ4n) is 2.64. The van der Waals surface area contributed by atoms with Crippen LogP contribution in [0, 0.1) is 0 Å². The summed E-state index contributed by atoms with van der Waals surface area (Å²) in [4.78, 5) is 36.5. The third-order valence-electron chi connectivity index (χ3n) is 4.12. The van der Waals surface area contributed by atoms with Crippen LogP contribution >= 0.6 is 0 Å². The maximum absolute atomic E-state index is 12.3. The molecule has 1 aromatic carbocycles. The van der Waals surface area contributed by atoms with Gasteiger partial charge in [-0.2, -0.15) is 5.10 Å². The molecule has 3 rings (SSSR count). The van der Waals surface area contributed by atoms with E-state index in [4.69, 9.17) is 14.2 Å². The van der Waals surface area contributed by atoms with Crippen molar-refractivity contribution in [2.45, 2.75) is 19.9 Å². The maximum Gasteiger partial charge on any atom is 0.343 e. The summed E-state index contributed by atoms with van der Waals surface area (Å²) >= 11 is 0. The molecule has 0 radical (unpaired) electrons. The van der Waals surface area contributed by atoms with Crippen LogP contribution in [0.1, 0.15) is 35.8 Å². The molecule has 10 nitrogen and oxygen atoms in total. The highest BCUT2D eigenvalue weighted by Gasteiger charge is 2.24. The number of carbonyl (C=O) groups is 3. The lowest BCUT2D eigenvalue weighted by Crippen LogP contribution is -2.37. The minimum absolute atomic E-state index is 0.0642. The van der Waals surface area contributed by atoms with E-state index in [2.05, 4.69) is 15.7 Å². The van der Waals surface area contributed by atoms with E-state index in [0.717, 1.165) is 5.56 Å². The molecule has 1 aliphatic heterocycles. The number of benzene rings is 1. The summed E-state index contributed by atoms with van der Waals surface area (Å²) in [5.41, 5.74) is 0.812. The van der Waals surface area contributed by atoms with Crippen molar-refractivity contribution in [3.63, 3.8) is 0 Å². The van der Waals surface area contributed by atoms with E-state index >= 15 is 0 Å². The van der Waals surface area contributed by atoms with Crippen molar-refractivity contribution in [3.8, 4) is 11.5 Å². The highest BCUT2D eigenvalue weighted by Crippen LogP contribution is 2.34. The van der Waals surface area contributed by atoms with Gasteiger partial charge in [-0.05, 0) is 31.5 Å². The number of nitrogens with zero attached hydrogens (tertiary/aromatic N) is 2. The Morgan fingerprint density at radius 3 is 2.75 bits per heavy atom. The molecule has 0 aliphatic carbocycles. The van der Waals surface area contributed by atoms with E-state index in [-0.39, 0.29) is 24.8 Å². The van der Waals surface area contributed by atoms with E-state index in [1.54, 1.807) is 32.0 Å². The van der Waals surface area contributed by atoms with Crippen LogP contribution in [0.15, 0.2) is 24.4 Å². The number of esters is 1. The summed E-state index contributed by atoms with van der Waals surface area (Å²) < 4.78 is 16.8. The summed E-state index contributed by atoms with van der Waals surface area (Å²) in [5, 5.41) is 8.92. The van der Waals surface area contributed by atoms with Crippen molar-refractivity contribution in [1.29, 1.82) is 0 Å². The van der Waals surface area contributed by atoms with Gasteiger partial charge in [-0.1, -0.05) is 6.07 Å². The van der Waals surface area contributed by atoms with E-state index in [1.165, 1.54) is 17.9 Å². The molecule has 2 amide bonds. The third-order valence-corrected chi connectivity index (χ3v) is 4.12. The van der Waals surface area contributed by atoms with Crippen LogP contribution in [0.2, 0.25) is 0 Å². The predicted molar refractivity (Wildman–Crippen MR) is 96.9 cm³/mol. The first kappa shape index (κ1) is 19.2. The molecule has 2 aromatic rings. The van der Waals surface area contributed by atoms with Crippen molar-refractivity contribution in [3.05, 3.63) is 35.5 Å². The molecular weight excluding hydrogens is 368 g/mol. The number of aromatic nitrogens is 2. The fraction of sp³-hybridized carbons (Fsp3) is 0.333. The van der Waals surface area contributed by atoms with Gasteiger partial charge in [-0.3, -0.25) is 14.3 Å². The summed E-state index contributed by atoms with van der Waals surface area (Å²) in [6.45, 7) is 3.72. The zero-order chi connectivity index (χ0) is 20.3. The molecule has 1 unspecified atom stereocenters. The molecule has 1 aromatic heterocycles. The van der Waals surface area contributed by atoms with Crippen LogP contribution in [0.5, 0.6) is 11.5 Å². The summed E-state index contributed by atoms with van der Waals surface area (Å²) in [7, 11) is 1.53. The van der Waals surface area contributed by atoms with Crippen LogP contribution in [0.4, 0.5) is 5.82 Å². The predicted octanol–water partition coefficient (Wildman–Crippen LogP) is 1.14. The van der Waals surface area contributed by atoms with Gasteiger partial charge >= 0.3 is 17.8 Å². The molecule has 2 heterocycles. The van der Waals surface area contributed by atoms with Crippen LogP contribution in [-0.2, 0) is 21.4 Å². The highest BCUT2D eigenvalue weighted by atomic mass is 16.7. The average molecular weight is 388 g/mol. The largest absolute Gasteiger partial charge is 0.462 e. The van der Waals surface area contributed by atoms with Gasteiger partial charge in [0.2, 0.25) is 6.79 Å². The zero-order valence-corrected chi connectivity index (χ0v) is 15.6. The van der Waals surface area contributed by atoms with Gasteiger partial charge < -0.3 is 24.8 Å². The van der Waals surface area contributed by atoms with Gasteiger partial charge in [0.25, 0.3) is 0 Å². The molecule has 10 heteroatoms. The number of rotatable bonds is 5. The number of ether oxygens (including phenoxy) is 3. The number of aryl methyl sites for hydroxylation is 1. The molecule has 28 heavy (non-hydrogen) atoms. The molecule has 0 saturated heterocycles. The lowest BCUT2D eigenvalue weighted by molar-refractivity contribution is -0.136. The molecule has 1 aliphatic rings. The average Bonchev–Trinajstić information content (AvgIpc) is 3.28. The number of fused-ring (bicyclic) bond motifs is 1. The van der Waals surface area contributed by atoms with Gasteiger partial charge in [0.15, 0.2) is 11.5 Å². The third kappa shape index (κ3) is 3.90. The van der Waals surface area contributed by atoms with Crippen LogP contribution in [0.3, 0.4) is 0 Å². The van der Waals surface area contributed by atoms with Crippen LogP contribution in [-0.4, -0.2) is 41.0 Å². The number of hydrogen-bond acceptors (Lipinski definition) is 7. The second kappa shape index (κ2) is 7.99. The second-order valence-electron chi connectivity index (χ2n) is 6.01. The molecule has 148 valence electrons. The Kier molecular flexibility index (Phi) is 5.48. The van der Waals surface area contributed by atoms with Crippen molar-refractivity contribution < 1.29 is 28.6 Å². The highest BCUT2D eigenvalue weighted by molar-refractivity contribution is 6.39. The Morgan fingerprint density at radius 2 is 2.00 bits per heavy atom. The van der Waals surface area contributed by atoms with Gasteiger partial charge in [0, 0.05) is 7.05 Å². The SMILES string of the molecule is CCOC(=O)c1cnn(C)c1NC(=O)C(=O)NC(C)c1ccc2c(c1)OCO2. The molecular formula is C18H20N4O6. The van der Waals surface area contributed by atoms with Crippen molar-refractivity contribution >= 4 is 23.6 Å². The molecule has 1 atom stereocenters. The first-order chi connectivity index (χ1) is 13.4. The van der Waals surface area contributed by atoms with E-state index in [9.17, 15) is 14.4 Å². The molecule has 2 N–H and O–H groups in total. The Bertz CT molecular complexity index is 923. The summed E-state index contributed by atoms with van der Waals surface area (Å²) in [6.07, 6.45) is 1.26. The van der Waals surface area contributed by atoms with Gasteiger partial charge in [0.05, 0.1) is 18.8 Å².